The number of pyridine rings is 1. The van der Waals surface area contributed by atoms with Gasteiger partial charge in [-0.25, -0.2) is 13.8 Å². The maximum atomic E-state index is 14.7. The second-order valence-electron chi connectivity index (χ2n) is 11.2. The van der Waals surface area contributed by atoms with Crippen LogP contribution in [0, 0.1) is 17.0 Å². The van der Waals surface area contributed by atoms with E-state index in [-0.39, 0.29) is 17.3 Å². The summed E-state index contributed by atoms with van der Waals surface area (Å²) in [7, 11) is 0. The van der Waals surface area contributed by atoms with Gasteiger partial charge in [0.1, 0.15) is 28.8 Å². The lowest BCUT2D eigenvalue weighted by atomic mass is 9.80. The topological polar surface area (TPSA) is 85.7 Å². The molecule has 1 aromatic heterocycles. The Morgan fingerprint density at radius 2 is 1.68 bits per heavy atom. The van der Waals surface area contributed by atoms with Crippen LogP contribution < -0.4 is 9.47 Å². The van der Waals surface area contributed by atoms with E-state index in [1.165, 1.54) is 0 Å². The van der Waals surface area contributed by atoms with Crippen LogP contribution in [0.25, 0.3) is 11.3 Å². The van der Waals surface area contributed by atoms with Crippen molar-refractivity contribution >= 4 is 11.8 Å². The number of aromatic nitrogens is 1. The minimum Gasteiger partial charge on any atom is -0.493 e. The normalized spacial score (nSPS) is 19.4. The van der Waals surface area contributed by atoms with Crippen LogP contribution in [0.3, 0.4) is 0 Å². The number of esters is 1. The number of ether oxygens (including phenoxy) is 3. The van der Waals surface area contributed by atoms with Gasteiger partial charge in [-0.05, 0) is 58.2 Å². The minimum atomic E-state index is -0.780. The van der Waals surface area contributed by atoms with Crippen molar-refractivity contribution in [3.63, 3.8) is 0 Å². The van der Waals surface area contributed by atoms with Gasteiger partial charge >= 0.3 is 5.97 Å². The third-order valence-corrected chi connectivity index (χ3v) is 8.02. The quantitative estimate of drug-likeness (QED) is 0.397. The van der Waals surface area contributed by atoms with Crippen LogP contribution in [-0.4, -0.2) is 78.2 Å². The molecule has 9 nitrogen and oxygen atoms in total. The standard InChI is InChI=1S/C30H38F2N4O5/c1-5-38-23-12-20(13-24(39-6-2)26(23)27-22(32)14-21(31)16-33-27)17-35-18-30(19-35)15-25(34-41-30)36-10-8-29(4,9-11-36)28(37)40-7-3/h12-14,16H,5-11,15,17-19H2,1-4H3. The zero-order valence-electron chi connectivity index (χ0n) is 24.2. The molecule has 2 saturated heterocycles. The molecule has 1 aromatic carbocycles. The fourth-order valence-electron chi connectivity index (χ4n) is 5.85. The van der Waals surface area contributed by atoms with Gasteiger partial charge in [0.2, 0.25) is 0 Å². The summed E-state index contributed by atoms with van der Waals surface area (Å²) >= 11 is 0. The number of amidine groups is 1. The van der Waals surface area contributed by atoms with E-state index < -0.39 is 17.0 Å². The van der Waals surface area contributed by atoms with Crippen molar-refractivity contribution in [2.24, 2.45) is 10.6 Å². The van der Waals surface area contributed by atoms with Gasteiger partial charge in [0, 0.05) is 38.8 Å². The molecule has 0 aliphatic carbocycles. The lowest BCUT2D eigenvalue weighted by molar-refractivity contribution is -0.156. The molecule has 222 valence electrons. The van der Waals surface area contributed by atoms with E-state index in [1.807, 2.05) is 39.8 Å². The highest BCUT2D eigenvalue weighted by atomic mass is 19.1. The lowest BCUT2D eigenvalue weighted by Gasteiger charge is -2.45. The number of rotatable bonds is 9. The monoisotopic (exact) mass is 572 g/mol. The van der Waals surface area contributed by atoms with E-state index in [2.05, 4.69) is 19.9 Å². The largest absolute Gasteiger partial charge is 0.493 e. The number of carbonyl (C=O) groups excluding carboxylic acids is 1. The molecular weight excluding hydrogens is 534 g/mol. The zero-order chi connectivity index (χ0) is 29.2. The van der Waals surface area contributed by atoms with Crippen molar-refractivity contribution < 1.29 is 32.6 Å². The summed E-state index contributed by atoms with van der Waals surface area (Å²) in [5.74, 6) is 0.155. The maximum Gasteiger partial charge on any atom is 0.311 e. The predicted molar refractivity (Wildman–Crippen MR) is 149 cm³/mol. The summed E-state index contributed by atoms with van der Waals surface area (Å²) in [5, 5.41) is 4.43. The highest BCUT2D eigenvalue weighted by Crippen LogP contribution is 2.42. The molecule has 11 heteroatoms. The van der Waals surface area contributed by atoms with E-state index in [4.69, 9.17) is 19.0 Å². The molecule has 0 radical (unpaired) electrons. The molecule has 2 fully saturated rings. The molecule has 0 bridgehead atoms. The zero-order valence-corrected chi connectivity index (χ0v) is 24.2. The van der Waals surface area contributed by atoms with Crippen molar-refractivity contribution in [3.8, 4) is 22.8 Å². The first-order valence-corrected chi connectivity index (χ1v) is 14.3. The van der Waals surface area contributed by atoms with Gasteiger partial charge in [-0.1, -0.05) is 5.16 Å². The van der Waals surface area contributed by atoms with Crippen LogP contribution in [0.5, 0.6) is 11.5 Å². The average molecular weight is 573 g/mol. The van der Waals surface area contributed by atoms with Crippen molar-refractivity contribution in [1.82, 2.24) is 14.8 Å². The number of carbonyl (C=O) groups is 1. The maximum absolute atomic E-state index is 14.7. The third-order valence-electron chi connectivity index (χ3n) is 8.02. The molecule has 3 aliphatic rings. The first kappa shape index (κ1) is 29.0. The Morgan fingerprint density at radius 3 is 2.27 bits per heavy atom. The molecule has 2 aromatic rings. The molecule has 41 heavy (non-hydrogen) atoms. The van der Waals surface area contributed by atoms with Crippen LogP contribution in [-0.2, 0) is 20.9 Å². The second-order valence-corrected chi connectivity index (χ2v) is 11.2. The Morgan fingerprint density at radius 1 is 1.02 bits per heavy atom. The van der Waals surface area contributed by atoms with E-state index in [9.17, 15) is 13.6 Å². The van der Waals surface area contributed by atoms with Crippen LogP contribution >= 0.6 is 0 Å². The van der Waals surface area contributed by atoms with E-state index in [0.717, 1.165) is 56.0 Å². The highest BCUT2D eigenvalue weighted by molar-refractivity contribution is 5.85. The second kappa shape index (κ2) is 11.8. The third kappa shape index (κ3) is 5.95. The number of nitrogens with zero attached hydrogens (tertiary/aromatic N) is 4. The Bertz CT molecular complexity index is 1280. The van der Waals surface area contributed by atoms with Crippen molar-refractivity contribution in [1.29, 1.82) is 0 Å². The van der Waals surface area contributed by atoms with Gasteiger partial charge in [0.25, 0.3) is 0 Å². The lowest BCUT2D eigenvalue weighted by Crippen LogP contribution is -2.61. The first-order chi connectivity index (χ1) is 19.7. The molecule has 0 amide bonds. The molecule has 0 saturated carbocycles. The summed E-state index contributed by atoms with van der Waals surface area (Å²) in [6, 6.07) is 4.53. The highest BCUT2D eigenvalue weighted by Gasteiger charge is 2.51. The van der Waals surface area contributed by atoms with Crippen LogP contribution in [0.4, 0.5) is 8.78 Å². The summed E-state index contributed by atoms with van der Waals surface area (Å²) in [5.41, 5.74) is 0.479. The summed E-state index contributed by atoms with van der Waals surface area (Å²) in [6.45, 7) is 12.1. The predicted octanol–water partition coefficient (Wildman–Crippen LogP) is 4.78. The number of likely N-dealkylation sites (tertiary alicyclic amines) is 2. The minimum absolute atomic E-state index is 0.0166. The van der Waals surface area contributed by atoms with Gasteiger partial charge in [0.15, 0.2) is 11.4 Å². The Hall–Kier alpha value is -3.47. The molecular formula is C30H38F2N4O5. The van der Waals surface area contributed by atoms with Crippen LogP contribution in [0.2, 0.25) is 0 Å². The van der Waals surface area contributed by atoms with Gasteiger partial charge in [-0.2, -0.15) is 0 Å². The molecule has 0 N–H and O–H groups in total. The summed E-state index contributed by atoms with van der Waals surface area (Å²) in [4.78, 5) is 26.8. The number of hydrogen-bond acceptors (Lipinski definition) is 9. The fraction of sp³-hybridized carbons (Fsp3) is 0.567. The molecule has 3 aliphatic heterocycles. The summed E-state index contributed by atoms with van der Waals surface area (Å²) in [6.07, 6.45) is 3.16. The van der Waals surface area contributed by atoms with Crippen molar-refractivity contribution in [2.75, 3.05) is 46.0 Å². The van der Waals surface area contributed by atoms with Gasteiger partial charge in [-0.15, -0.1) is 0 Å². The SMILES string of the molecule is CCOC(=O)C1(C)CCN(C2=NOC3(C2)CN(Cc2cc(OCC)c(-c4ncc(F)cc4F)c(OCC)c2)C3)CC1. The van der Waals surface area contributed by atoms with Crippen molar-refractivity contribution in [2.45, 2.75) is 59.1 Å². The number of benzene rings is 1. The summed E-state index contributed by atoms with van der Waals surface area (Å²) < 4.78 is 45.3. The van der Waals surface area contributed by atoms with Gasteiger partial charge in [0.05, 0.1) is 43.4 Å². The molecule has 0 atom stereocenters. The molecule has 0 unspecified atom stereocenters. The number of oxime groups is 1. The molecule has 4 heterocycles. The van der Waals surface area contributed by atoms with Gasteiger partial charge in [-0.3, -0.25) is 9.69 Å². The number of piperidine rings is 1. The van der Waals surface area contributed by atoms with E-state index in [0.29, 0.717) is 56.5 Å². The Labute approximate surface area is 239 Å². The Kier molecular flexibility index (Phi) is 8.35. The Balaban J connectivity index is 1.23. The first-order valence-electron chi connectivity index (χ1n) is 14.3. The smallest absolute Gasteiger partial charge is 0.311 e. The van der Waals surface area contributed by atoms with Gasteiger partial charge < -0.3 is 23.9 Å². The number of hydrogen-bond donors (Lipinski definition) is 0. The van der Waals surface area contributed by atoms with Crippen LogP contribution in [0.15, 0.2) is 29.6 Å². The average Bonchev–Trinajstić information content (AvgIpc) is 3.36. The van der Waals surface area contributed by atoms with E-state index >= 15 is 0 Å². The van der Waals surface area contributed by atoms with Crippen molar-refractivity contribution in [3.05, 3.63) is 41.6 Å². The van der Waals surface area contributed by atoms with Crippen LogP contribution in [0.1, 0.15) is 52.5 Å². The fourth-order valence-corrected chi connectivity index (χ4v) is 5.85. The molecule has 1 spiro atoms. The van der Waals surface area contributed by atoms with E-state index in [1.54, 1.807) is 0 Å². The number of halogens is 2. The molecule has 5 rings (SSSR count).